The van der Waals surface area contributed by atoms with Gasteiger partial charge in [0.1, 0.15) is 11.6 Å². The van der Waals surface area contributed by atoms with E-state index in [1.807, 2.05) is 12.1 Å². The summed E-state index contributed by atoms with van der Waals surface area (Å²) in [6, 6.07) is 11.1. The maximum absolute atomic E-state index is 14.5. The molecule has 0 saturated heterocycles. The molecule has 0 aliphatic heterocycles. The highest BCUT2D eigenvalue weighted by Crippen LogP contribution is 2.44. The zero-order valence-electron chi connectivity index (χ0n) is 13.8. The quantitative estimate of drug-likeness (QED) is 0.874. The van der Waals surface area contributed by atoms with E-state index in [4.69, 9.17) is 10.5 Å². The lowest BCUT2D eigenvalue weighted by Crippen LogP contribution is -2.07. The van der Waals surface area contributed by atoms with E-state index in [1.54, 1.807) is 19.2 Å². The van der Waals surface area contributed by atoms with Crippen LogP contribution >= 0.6 is 0 Å². The molecule has 1 aliphatic carbocycles. The maximum Gasteiger partial charge on any atom is 0.131 e. The summed E-state index contributed by atoms with van der Waals surface area (Å²) in [5.41, 5.74) is 9.73. The van der Waals surface area contributed by atoms with E-state index >= 15 is 0 Å². The fraction of sp³-hybridized carbons (Fsp3) is 0.400. The van der Waals surface area contributed by atoms with E-state index < -0.39 is 0 Å². The zero-order chi connectivity index (χ0) is 16.4. The molecule has 0 aromatic heterocycles. The number of methoxy groups -OCH3 is 1. The number of rotatable bonds is 4. The standard InChI is InChI=1S/C20H24FNO/c1-13-4-3-5-16(13)18-10-14(12-22)6-8-17(18)19-11-15(23-2)7-9-20(19)21/h6-11,13,16H,3-5,12,22H2,1-2H3. The van der Waals surface area contributed by atoms with Crippen LogP contribution in [-0.4, -0.2) is 7.11 Å². The van der Waals surface area contributed by atoms with Crippen molar-refractivity contribution in [1.82, 2.24) is 0 Å². The molecular weight excluding hydrogens is 289 g/mol. The van der Waals surface area contributed by atoms with Gasteiger partial charge in [-0.05, 0) is 53.1 Å². The molecule has 3 rings (SSSR count). The molecule has 2 atom stereocenters. The van der Waals surface area contributed by atoms with Crippen molar-refractivity contribution in [3.05, 3.63) is 53.3 Å². The van der Waals surface area contributed by atoms with Crippen LogP contribution in [0.1, 0.15) is 43.2 Å². The van der Waals surface area contributed by atoms with Crippen LogP contribution in [0.2, 0.25) is 0 Å². The van der Waals surface area contributed by atoms with Gasteiger partial charge in [0.05, 0.1) is 7.11 Å². The Bertz CT molecular complexity index is 698. The van der Waals surface area contributed by atoms with Crippen LogP contribution in [0, 0.1) is 11.7 Å². The van der Waals surface area contributed by atoms with Gasteiger partial charge in [0.15, 0.2) is 0 Å². The topological polar surface area (TPSA) is 35.2 Å². The van der Waals surface area contributed by atoms with Gasteiger partial charge >= 0.3 is 0 Å². The van der Waals surface area contributed by atoms with Crippen LogP contribution in [0.25, 0.3) is 11.1 Å². The molecule has 0 heterocycles. The van der Waals surface area contributed by atoms with Crippen molar-refractivity contribution in [3.63, 3.8) is 0 Å². The number of benzene rings is 2. The average molecular weight is 313 g/mol. The van der Waals surface area contributed by atoms with E-state index in [9.17, 15) is 4.39 Å². The van der Waals surface area contributed by atoms with Crippen molar-refractivity contribution in [3.8, 4) is 16.9 Å². The highest BCUT2D eigenvalue weighted by molar-refractivity contribution is 5.70. The predicted molar refractivity (Wildman–Crippen MR) is 92.0 cm³/mol. The molecule has 0 spiro atoms. The molecule has 3 heteroatoms. The molecule has 2 aromatic carbocycles. The lowest BCUT2D eigenvalue weighted by Gasteiger charge is -2.21. The average Bonchev–Trinajstić information content (AvgIpc) is 3.01. The minimum absolute atomic E-state index is 0.210. The highest BCUT2D eigenvalue weighted by atomic mass is 19.1. The van der Waals surface area contributed by atoms with Gasteiger partial charge in [0, 0.05) is 12.1 Å². The van der Waals surface area contributed by atoms with Crippen LogP contribution in [0.5, 0.6) is 5.75 Å². The van der Waals surface area contributed by atoms with Crippen LogP contribution in [-0.2, 0) is 6.54 Å². The number of hydrogen-bond donors (Lipinski definition) is 1. The number of ether oxygens (including phenoxy) is 1. The Morgan fingerprint density at radius 2 is 1.96 bits per heavy atom. The first-order valence-electron chi connectivity index (χ1n) is 8.31. The Morgan fingerprint density at radius 1 is 1.13 bits per heavy atom. The number of nitrogens with two attached hydrogens (primary N) is 1. The van der Waals surface area contributed by atoms with Gasteiger partial charge in [-0.1, -0.05) is 38.0 Å². The van der Waals surface area contributed by atoms with Crippen molar-refractivity contribution in [1.29, 1.82) is 0 Å². The fourth-order valence-electron chi connectivity index (χ4n) is 3.74. The third-order valence-corrected chi connectivity index (χ3v) is 5.08. The van der Waals surface area contributed by atoms with Gasteiger partial charge in [0.25, 0.3) is 0 Å². The van der Waals surface area contributed by atoms with E-state index in [1.165, 1.54) is 24.5 Å². The minimum atomic E-state index is -0.210. The second-order valence-electron chi connectivity index (χ2n) is 6.49. The van der Waals surface area contributed by atoms with E-state index in [0.717, 1.165) is 17.5 Å². The van der Waals surface area contributed by atoms with Crippen molar-refractivity contribution in [2.45, 2.75) is 38.6 Å². The smallest absolute Gasteiger partial charge is 0.131 e. The summed E-state index contributed by atoms with van der Waals surface area (Å²) < 4.78 is 19.7. The van der Waals surface area contributed by atoms with E-state index in [0.29, 0.717) is 29.7 Å². The third kappa shape index (κ3) is 3.11. The first-order valence-corrected chi connectivity index (χ1v) is 8.31. The molecule has 1 fully saturated rings. The predicted octanol–water partition coefficient (Wildman–Crippen LogP) is 4.86. The minimum Gasteiger partial charge on any atom is -0.497 e. The van der Waals surface area contributed by atoms with Crippen LogP contribution in [0.4, 0.5) is 4.39 Å². The van der Waals surface area contributed by atoms with Crippen LogP contribution in [0.15, 0.2) is 36.4 Å². The molecule has 122 valence electrons. The summed E-state index contributed by atoms with van der Waals surface area (Å²) in [5, 5.41) is 0. The Hall–Kier alpha value is -1.87. The summed E-state index contributed by atoms with van der Waals surface area (Å²) in [6.07, 6.45) is 3.63. The Labute approximate surface area is 137 Å². The zero-order valence-corrected chi connectivity index (χ0v) is 13.8. The second-order valence-corrected chi connectivity index (χ2v) is 6.49. The molecule has 0 amide bonds. The van der Waals surface area contributed by atoms with Crippen molar-refractivity contribution in [2.24, 2.45) is 11.7 Å². The summed E-state index contributed by atoms with van der Waals surface area (Å²) in [7, 11) is 1.61. The Morgan fingerprint density at radius 3 is 2.61 bits per heavy atom. The van der Waals surface area contributed by atoms with Gasteiger partial charge in [-0.3, -0.25) is 0 Å². The number of hydrogen-bond acceptors (Lipinski definition) is 2. The molecule has 0 radical (unpaired) electrons. The van der Waals surface area contributed by atoms with Crippen LogP contribution < -0.4 is 10.5 Å². The second kappa shape index (κ2) is 6.71. The molecule has 2 aromatic rings. The highest BCUT2D eigenvalue weighted by Gasteiger charge is 2.28. The SMILES string of the molecule is COc1ccc(F)c(-c2ccc(CN)cc2C2CCCC2C)c1. The maximum atomic E-state index is 14.5. The first kappa shape index (κ1) is 16.0. The molecule has 1 saturated carbocycles. The lowest BCUT2D eigenvalue weighted by molar-refractivity contribution is 0.414. The van der Waals surface area contributed by atoms with Crippen LogP contribution in [0.3, 0.4) is 0 Å². The van der Waals surface area contributed by atoms with Gasteiger partial charge < -0.3 is 10.5 Å². The first-order chi connectivity index (χ1) is 11.1. The monoisotopic (exact) mass is 313 g/mol. The third-order valence-electron chi connectivity index (χ3n) is 5.08. The summed E-state index contributed by atoms with van der Waals surface area (Å²) in [5.74, 6) is 1.56. The molecule has 2 nitrogen and oxygen atoms in total. The molecule has 2 unspecified atom stereocenters. The van der Waals surface area contributed by atoms with Crippen molar-refractivity contribution in [2.75, 3.05) is 7.11 Å². The molecular formula is C20H24FNO. The van der Waals surface area contributed by atoms with Crippen molar-refractivity contribution >= 4 is 0 Å². The van der Waals surface area contributed by atoms with Crippen molar-refractivity contribution < 1.29 is 9.13 Å². The fourth-order valence-corrected chi connectivity index (χ4v) is 3.74. The van der Waals surface area contributed by atoms with E-state index in [2.05, 4.69) is 13.0 Å². The Kier molecular flexibility index (Phi) is 4.67. The molecule has 1 aliphatic rings. The van der Waals surface area contributed by atoms with Gasteiger partial charge in [-0.15, -0.1) is 0 Å². The van der Waals surface area contributed by atoms with Gasteiger partial charge in [-0.2, -0.15) is 0 Å². The molecule has 2 N–H and O–H groups in total. The lowest BCUT2D eigenvalue weighted by atomic mass is 9.84. The van der Waals surface area contributed by atoms with E-state index in [-0.39, 0.29) is 5.82 Å². The largest absolute Gasteiger partial charge is 0.497 e. The summed E-state index contributed by atoms with van der Waals surface area (Å²) in [4.78, 5) is 0. The normalized spacial score (nSPS) is 20.7. The Balaban J connectivity index is 2.15. The molecule has 0 bridgehead atoms. The van der Waals surface area contributed by atoms with Gasteiger partial charge in [0.2, 0.25) is 0 Å². The molecule has 23 heavy (non-hydrogen) atoms. The van der Waals surface area contributed by atoms with Gasteiger partial charge in [-0.25, -0.2) is 4.39 Å². The number of halogens is 1. The summed E-state index contributed by atoms with van der Waals surface area (Å²) >= 11 is 0. The summed E-state index contributed by atoms with van der Waals surface area (Å²) in [6.45, 7) is 2.80.